The third-order valence-corrected chi connectivity index (χ3v) is 6.32. The van der Waals surface area contributed by atoms with Gasteiger partial charge in [-0.25, -0.2) is 9.67 Å². The van der Waals surface area contributed by atoms with Gasteiger partial charge in [-0.3, -0.25) is 9.36 Å². The molecule has 2 aromatic heterocycles. The zero-order valence-electron chi connectivity index (χ0n) is 16.3. The second-order valence-electron chi connectivity index (χ2n) is 7.65. The van der Waals surface area contributed by atoms with Crippen molar-refractivity contribution in [2.75, 3.05) is 0 Å². The monoisotopic (exact) mass is 438 g/mol. The molecule has 2 aromatic carbocycles. The standard InChI is InChI=1S/C23H20Cl2N4O/c24-16-12-10-15(11-13-16)22-27-21-20(28(22)19-9-5-4-8-18(19)25)14-26-29(23(21)30)17-6-2-1-3-7-17/h4-5,8-14,17H,1-3,6-7H2. The number of imidazole rings is 1. The van der Waals surface area contributed by atoms with Crippen LogP contribution in [0.4, 0.5) is 0 Å². The summed E-state index contributed by atoms with van der Waals surface area (Å²) >= 11 is 12.6. The Bertz CT molecular complexity index is 1270. The van der Waals surface area contributed by atoms with Crippen molar-refractivity contribution in [3.05, 3.63) is 75.1 Å². The van der Waals surface area contributed by atoms with Crippen LogP contribution in [0.15, 0.2) is 59.5 Å². The molecule has 0 saturated heterocycles. The van der Waals surface area contributed by atoms with Crippen LogP contribution in [0.2, 0.25) is 10.0 Å². The quantitative estimate of drug-likeness (QED) is 0.390. The van der Waals surface area contributed by atoms with Crippen LogP contribution < -0.4 is 5.56 Å². The van der Waals surface area contributed by atoms with Gasteiger partial charge in [0.2, 0.25) is 0 Å². The van der Waals surface area contributed by atoms with Crippen LogP contribution in [0.3, 0.4) is 0 Å². The van der Waals surface area contributed by atoms with Gasteiger partial charge in [0.25, 0.3) is 5.56 Å². The van der Waals surface area contributed by atoms with Crippen LogP contribution in [0.5, 0.6) is 0 Å². The fourth-order valence-corrected chi connectivity index (χ4v) is 4.59. The highest BCUT2D eigenvalue weighted by Crippen LogP contribution is 2.32. The molecule has 4 aromatic rings. The first-order chi connectivity index (χ1) is 14.6. The largest absolute Gasteiger partial charge is 0.295 e. The molecule has 1 fully saturated rings. The number of hydrogen-bond acceptors (Lipinski definition) is 3. The van der Waals surface area contributed by atoms with Crippen LogP contribution in [0.25, 0.3) is 28.1 Å². The Morgan fingerprint density at radius 3 is 2.40 bits per heavy atom. The molecular weight excluding hydrogens is 419 g/mol. The molecule has 0 atom stereocenters. The van der Waals surface area contributed by atoms with Crippen molar-refractivity contribution in [2.24, 2.45) is 0 Å². The van der Waals surface area contributed by atoms with Gasteiger partial charge in [0.1, 0.15) is 5.82 Å². The van der Waals surface area contributed by atoms with E-state index in [9.17, 15) is 4.79 Å². The third-order valence-electron chi connectivity index (χ3n) is 5.74. The van der Waals surface area contributed by atoms with Crippen molar-refractivity contribution in [3.63, 3.8) is 0 Å². The van der Waals surface area contributed by atoms with Crippen LogP contribution in [-0.4, -0.2) is 19.3 Å². The number of nitrogens with zero attached hydrogens (tertiary/aromatic N) is 4. The molecule has 0 spiro atoms. The minimum Gasteiger partial charge on any atom is -0.289 e. The average Bonchev–Trinajstić information content (AvgIpc) is 3.16. The van der Waals surface area contributed by atoms with Crippen molar-refractivity contribution < 1.29 is 0 Å². The minimum absolute atomic E-state index is 0.139. The molecule has 5 nitrogen and oxygen atoms in total. The molecule has 0 radical (unpaired) electrons. The fourth-order valence-electron chi connectivity index (χ4n) is 4.24. The maximum absolute atomic E-state index is 13.4. The Balaban J connectivity index is 1.78. The number of benzene rings is 2. The molecule has 0 bridgehead atoms. The molecule has 0 N–H and O–H groups in total. The van der Waals surface area contributed by atoms with Crippen molar-refractivity contribution in [2.45, 2.75) is 38.1 Å². The summed E-state index contributed by atoms with van der Waals surface area (Å²) in [6.07, 6.45) is 7.17. The molecular formula is C23H20Cl2N4O. The second-order valence-corrected chi connectivity index (χ2v) is 8.49. The fraction of sp³-hybridized carbons (Fsp3) is 0.261. The van der Waals surface area contributed by atoms with Crippen LogP contribution in [0, 0.1) is 0 Å². The van der Waals surface area contributed by atoms with Crippen molar-refractivity contribution in [1.82, 2.24) is 19.3 Å². The number of aromatic nitrogens is 4. The van der Waals surface area contributed by atoms with Gasteiger partial charge < -0.3 is 0 Å². The van der Waals surface area contributed by atoms with Gasteiger partial charge in [-0.1, -0.05) is 54.6 Å². The Hall–Kier alpha value is -2.63. The van der Waals surface area contributed by atoms with Crippen LogP contribution >= 0.6 is 23.2 Å². The lowest BCUT2D eigenvalue weighted by molar-refractivity contribution is 0.320. The number of rotatable bonds is 3. The highest BCUT2D eigenvalue weighted by molar-refractivity contribution is 6.32. The molecule has 1 aliphatic rings. The first-order valence-electron chi connectivity index (χ1n) is 10.1. The highest BCUT2D eigenvalue weighted by Gasteiger charge is 2.23. The van der Waals surface area contributed by atoms with E-state index in [-0.39, 0.29) is 11.6 Å². The van der Waals surface area contributed by atoms with Gasteiger partial charge in [0, 0.05) is 10.6 Å². The van der Waals surface area contributed by atoms with Gasteiger partial charge in [0.15, 0.2) is 5.52 Å². The van der Waals surface area contributed by atoms with Gasteiger partial charge in [-0.2, -0.15) is 5.10 Å². The number of para-hydroxylation sites is 1. The van der Waals surface area contributed by atoms with E-state index in [1.807, 2.05) is 53.1 Å². The first kappa shape index (κ1) is 19.3. The average molecular weight is 439 g/mol. The van der Waals surface area contributed by atoms with Gasteiger partial charge in [0.05, 0.1) is 28.5 Å². The molecule has 7 heteroatoms. The summed E-state index contributed by atoms with van der Waals surface area (Å²) in [5, 5.41) is 5.76. The number of fused-ring (bicyclic) bond motifs is 1. The maximum atomic E-state index is 13.4. The van der Waals surface area contributed by atoms with Crippen molar-refractivity contribution in [1.29, 1.82) is 0 Å². The summed E-state index contributed by atoms with van der Waals surface area (Å²) in [5.41, 5.74) is 2.49. The van der Waals surface area contributed by atoms with E-state index in [1.54, 1.807) is 10.9 Å². The third kappa shape index (κ3) is 3.32. The van der Waals surface area contributed by atoms with Crippen molar-refractivity contribution >= 4 is 34.2 Å². The molecule has 30 heavy (non-hydrogen) atoms. The Morgan fingerprint density at radius 2 is 1.67 bits per heavy atom. The molecule has 1 aliphatic carbocycles. The van der Waals surface area contributed by atoms with Crippen LogP contribution in [-0.2, 0) is 0 Å². The Labute approximate surface area is 183 Å². The smallest absolute Gasteiger partial charge is 0.289 e. The number of hydrogen-bond donors (Lipinski definition) is 0. The maximum Gasteiger partial charge on any atom is 0.295 e. The highest BCUT2D eigenvalue weighted by atomic mass is 35.5. The summed E-state index contributed by atoms with van der Waals surface area (Å²) in [4.78, 5) is 18.1. The summed E-state index contributed by atoms with van der Waals surface area (Å²) in [7, 11) is 0. The van der Waals surface area contributed by atoms with E-state index in [0.717, 1.165) is 36.9 Å². The van der Waals surface area contributed by atoms with Crippen molar-refractivity contribution in [3.8, 4) is 17.1 Å². The summed E-state index contributed by atoms with van der Waals surface area (Å²) < 4.78 is 3.53. The molecule has 152 valence electrons. The van der Waals surface area contributed by atoms with E-state index in [2.05, 4.69) is 5.10 Å². The summed E-state index contributed by atoms with van der Waals surface area (Å²) in [6, 6.07) is 15.1. The number of halogens is 2. The zero-order chi connectivity index (χ0) is 20.7. The summed E-state index contributed by atoms with van der Waals surface area (Å²) in [5.74, 6) is 0.634. The van der Waals surface area contributed by atoms with Gasteiger partial charge in [-0.05, 0) is 49.2 Å². The van der Waals surface area contributed by atoms with E-state index < -0.39 is 0 Å². The SMILES string of the molecule is O=c1c2nc(-c3ccc(Cl)cc3)n(-c3ccccc3Cl)c2cnn1C1CCCCC1. The molecule has 1 saturated carbocycles. The van der Waals surface area contributed by atoms with Gasteiger partial charge in [-0.15, -0.1) is 0 Å². The van der Waals surface area contributed by atoms with E-state index in [4.69, 9.17) is 28.2 Å². The minimum atomic E-state index is -0.152. The normalized spacial score (nSPS) is 15.0. The molecule has 0 aliphatic heterocycles. The second kappa shape index (κ2) is 7.89. The predicted octanol–water partition coefficient (Wildman–Crippen LogP) is 6.06. The topological polar surface area (TPSA) is 52.7 Å². The zero-order valence-corrected chi connectivity index (χ0v) is 17.8. The summed E-state index contributed by atoms with van der Waals surface area (Å²) in [6.45, 7) is 0. The van der Waals surface area contributed by atoms with Gasteiger partial charge >= 0.3 is 0 Å². The molecule has 2 heterocycles. The van der Waals surface area contributed by atoms with E-state index in [0.29, 0.717) is 26.9 Å². The molecule has 0 unspecified atom stereocenters. The van der Waals surface area contributed by atoms with E-state index in [1.165, 1.54) is 6.42 Å². The lowest BCUT2D eigenvalue weighted by Gasteiger charge is -2.22. The Kier molecular flexibility index (Phi) is 5.09. The van der Waals surface area contributed by atoms with Crippen LogP contribution in [0.1, 0.15) is 38.1 Å². The Morgan fingerprint density at radius 1 is 0.933 bits per heavy atom. The lowest BCUT2D eigenvalue weighted by Crippen LogP contribution is -2.28. The van der Waals surface area contributed by atoms with E-state index >= 15 is 0 Å². The molecule has 0 amide bonds. The predicted molar refractivity (Wildman–Crippen MR) is 121 cm³/mol. The lowest BCUT2D eigenvalue weighted by atomic mass is 9.96. The molecule has 5 rings (SSSR count). The first-order valence-corrected chi connectivity index (χ1v) is 10.9.